The molecule has 0 radical (unpaired) electrons. The smallest absolute Gasteiger partial charge is 0.0175 e. The van der Waals surface area contributed by atoms with Crippen LogP contribution in [0.1, 0.15) is 63.9 Å². The maximum atomic E-state index is 3.51. The molecule has 0 bridgehead atoms. The van der Waals surface area contributed by atoms with E-state index in [2.05, 4.69) is 65.3 Å². The minimum Gasteiger partial charge on any atom is -0.0802 e. The Morgan fingerprint density at radius 2 is 1.78 bits per heavy atom. The molecule has 0 aliphatic heterocycles. The number of halogens is 1. The van der Waals surface area contributed by atoms with Gasteiger partial charge >= 0.3 is 0 Å². The van der Waals surface area contributed by atoms with Gasteiger partial charge in [-0.15, -0.1) is 0 Å². The maximum Gasteiger partial charge on any atom is 0.0175 e. The molecule has 1 aromatic rings. The van der Waals surface area contributed by atoms with E-state index in [1.807, 2.05) is 0 Å². The first kappa shape index (κ1) is 17.0. The van der Waals surface area contributed by atoms with E-state index in [9.17, 15) is 0 Å². The Kier molecular flexibility index (Phi) is 6.16. The fourth-order valence-corrected chi connectivity index (χ4v) is 4.51. The van der Waals surface area contributed by atoms with E-state index in [0.717, 1.165) is 22.2 Å². The van der Waals surface area contributed by atoms with Gasteiger partial charge in [-0.2, -0.15) is 0 Å². The largest absolute Gasteiger partial charge is 0.0802 e. The van der Waals surface area contributed by atoms with E-state index in [0.29, 0.717) is 0 Å². The molecule has 1 atom stereocenters. The minimum atomic E-state index is 0.779. The van der Waals surface area contributed by atoms with Crippen LogP contribution in [-0.4, -0.2) is 0 Å². The molecule has 124 valence electrons. The van der Waals surface area contributed by atoms with Gasteiger partial charge in [-0.25, -0.2) is 0 Å². The van der Waals surface area contributed by atoms with Crippen LogP contribution in [0, 0.1) is 17.8 Å². The van der Waals surface area contributed by atoms with Gasteiger partial charge in [0.25, 0.3) is 0 Å². The minimum absolute atomic E-state index is 0.779. The van der Waals surface area contributed by atoms with Crippen molar-refractivity contribution in [3.63, 3.8) is 0 Å². The Hall–Kier alpha value is -0.820. The first-order valence-corrected chi connectivity index (χ1v) is 10.2. The summed E-state index contributed by atoms with van der Waals surface area (Å²) in [7, 11) is 0. The molecule has 1 heteroatoms. The van der Waals surface area contributed by atoms with Gasteiger partial charge in [-0.3, -0.25) is 0 Å². The fourth-order valence-electron chi connectivity index (χ4n) is 4.24. The summed E-state index contributed by atoms with van der Waals surface area (Å²) in [6.45, 7) is 2.31. The van der Waals surface area contributed by atoms with Gasteiger partial charge in [-0.05, 0) is 60.3 Å². The predicted molar refractivity (Wildman–Crippen MR) is 104 cm³/mol. The number of benzene rings is 1. The number of rotatable bonds is 5. The van der Waals surface area contributed by atoms with Gasteiger partial charge in [0, 0.05) is 4.47 Å². The van der Waals surface area contributed by atoms with Crippen molar-refractivity contribution in [2.24, 2.45) is 17.8 Å². The SMILES string of the molecule is CCCC[C@H]1CC[C@H](C2C=CC(c3ccc(Br)cc3)=CC2)CC1. The average molecular weight is 373 g/mol. The lowest BCUT2D eigenvalue weighted by Gasteiger charge is -2.33. The van der Waals surface area contributed by atoms with E-state index < -0.39 is 0 Å². The fraction of sp³-hybridized carbons (Fsp3) is 0.545. The highest BCUT2D eigenvalue weighted by Gasteiger charge is 2.26. The van der Waals surface area contributed by atoms with Gasteiger partial charge in [0.15, 0.2) is 0 Å². The first-order valence-electron chi connectivity index (χ1n) is 9.40. The molecule has 1 fully saturated rings. The molecule has 2 aliphatic carbocycles. The van der Waals surface area contributed by atoms with Crippen molar-refractivity contribution in [3.8, 4) is 0 Å². The zero-order chi connectivity index (χ0) is 16.1. The van der Waals surface area contributed by atoms with E-state index in [1.54, 1.807) is 0 Å². The quantitative estimate of drug-likeness (QED) is 0.504. The zero-order valence-corrected chi connectivity index (χ0v) is 15.9. The average Bonchev–Trinajstić information content (AvgIpc) is 2.61. The van der Waals surface area contributed by atoms with Crippen LogP contribution < -0.4 is 0 Å². The van der Waals surface area contributed by atoms with E-state index >= 15 is 0 Å². The first-order chi connectivity index (χ1) is 11.3. The number of unbranched alkanes of at least 4 members (excludes halogenated alkanes) is 1. The molecule has 0 nitrogen and oxygen atoms in total. The van der Waals surface area contributed by atoms with E-state index in [-0.39, 0.29) is 0 Å². The van der Waals surface area contributed by atoms with Crippen LogP contribution in [0.4, 0.5) is 0 Å². The lowest BCUT2D eigenvalue weighted by atomic mass is 9.72. The second-order valence-corrected chi connectivity index (χ2v) is 8.26. The van der Waals surface area contributed by atoms with Crippen LogP contribution in [0.25, 0.3) is 5.57 Å². The highest BCUT2D eigenvalue weighted by atomic mass is 79.9. The molecule has 2 aliphatic rings. The molecule has 0 heterocycles. The van der Waals surface area contributed by atoms with Crippen LogP contribution in [0.5, 0.6) is 0 Å². The molecule has 1 saturated carbocycles. The molecular weight excluding hydrogens is 344 g/mol. The predicted octanol–water partition coefficient (Wildman–Crippen LogP) is 7.41. The summed E-state index contributed by atoms with van der Waals surface area (Å²) in [6.07, 6.45) is 18.6. The maximum absolute atomic E-state index is 3.51. The second-order valence-electron chi connectivity index (χ2n) is 7.35. The van der Waals surface area contributed by atoms with E-state index in [4.69, 9.17) is 0 Å². The van der Waals surface area contributed by atoms with Crippen LogP contribution >= 0.6 is 15.9 Å². The molecule has 0 saturated heterocycles. The highest BCUT2D eigenvalue weighted by Crippen LogP contribution is 2.39. The molecular formula is C22H29Br. The summed E-state index contributed by atoms with van der Waals surface area (Å²) in [5, 5.41) is 0. The Morgan fingerprint density at radius 1 is 1.04 bits per heavy atom. The van der Waals surface area contributed by atoms with Crippen molar-refractivity contribution < 1.29 is 0 Å². The lowest BCUT2D eigenvalue weighted by Crippen LogP contribution is -2.21. The Bertz CT molecular complexity index is 544. The van der Waals surface area contributed by atoms with Gasteiger partial charge < -0.3 is 0 Å². The third kappa shape index (κ3) is 4.59. The molecule has 0 amide bonds. The molecule has 23 heavy (non-hydrogen) atoms. The lowest BCUT2D eigenvalue weighted by molar-refractivity contribution is 0.219. The standard InChI is InChI=1S/C22H29Br/c1-2-3-4-17-5-7-18(8-6-17)19-9-11-20(12-10-19)21-13-15-22(23)16-14-21/h9,11-19H,2-8,10H2,1H3/t17-,18-,19?. The number of hydrogen-bond acceptors (Lipinski definition) is 0. The van der Waals surface area contributed by atoms with Gasteiger partial charge in [0.1, 0.15) is 0 Å². The molecule has 0 aromatic heterocycles. The summed E-state index contributed by atoms with van der Waals surface area (Å²) in [5.41, 5.74) is 2.73. The van der Waals surface area contributed by atoms with Crippen molar-refractivity contribution in [3.05, 3.63) is 52.5 Å². The van der Waals surface area contributed by atoms with Crippen molar-refractivity contribution in [1.29, 1.82) is 0 Å². The highest BCUT2D eigenvalue weighted by molar-refractivity contribution is 9.10. The molecule has 1 aromatic carbocycles. The summed E-state index contributed by atoms with van der Waals surface area (Å²) in [6, 6.07) is 8.68. The van der Waals surface area contributed by atoms with Gasteiger partial charge in [-0.1, -0.05) is 85.3 Å². The molecule has 3 rings (SSSR count). The summed E-state index contributed by atoms with van der Waals surface area (Å²) >= 11 is 3.51. The zero-order valence-electron chi connectivity index (χ0n) is 14.3. The van der Waals surface area contributed by atoms with Gasteiger partial charge in [0.05, 0.1) is 0 Å². The molecule has 1 unspecified atom stereocenters. The van der Waals surface area contributed by atoms with Crippen molar-refractivity contribution in [1.82, 2.24) is 0 Å². The number of allylic oxidation sites excluding steroid dienone is 4. The Morgan fingerprint density at radius 3 is 2.39 bits per heavy atom. The van der Waals surface area contributed by atoms with E-state index in [1.165, 1.54) is 62.5 Å². The van der Waals surface area contributed by atoms with Crippen molar-refractivity contribution in [2.45, 2.75) is 58.3 Å². The normalized spacial score (nSPS) is 27.7. The Balaban J connectivity index is 1.51. The second kappa shape index (κ2) is 8.33. The monoisotopic (exact) mass is 372 g/mol. The summed E-state index contributed by atoms with van der Waals surface area (Å²) in [5.74, 6) is 2.72. The summed E-state index contributed by atoms with van der Waals surface area (Å²) < 4.78 is 1.15. The van der Waals surface area contributed by atoms with Crippen molar-refractivity contribution >= 4 is 21.5 Å². The third-order valence-corrected chi connectivity index (χ3v) is 6.30. The molecule has 0 spiro atoms. The molecule has 0 N–H and O–H groups in total. The summed E-state index contributed by atoms with van der Waals surface area (Å²) in [4.78, 5) is 0. The van der Waals surface area contributed by atoms with Crippen LogP contribution in [0.15, 0.2) is 47.0 Å². The van der Waals surface area contributed by atoms with Crippen LogP contribution in [-0.2, 0) is 0 Å². The van der Waals surface area contributed by atoms with Crippen LogP contribution in [0.3, 0.4) is 0 Å². The Labute approximate surface area is 150 Å². The topological polar surface area (TPSA) is 0 Å². The van der Waals surface area contributed by atoms with Crippen LogP contribution in [0.2, 0.25) is 0 Å². The van der Waals surface area contributed by atoms with Crippen molar-refractivity contribution in [2.75, 3.05) is 0 Å². The third-order valence-electron chi connectivity index (χ3n) is 5.77. The van der Waals surface area contributed by atoms with Gasteiger partial charge in [0.2, 0.25) is 0 Å². The number of hydrogen-bond donors (Lipinski definition) is 0.